The van der Waals surface area contributed by atoms with E-state index >= 15 is 0 Å². The Bertz CT molecular complexity index is 119. The summed E-state index contributed by atoms with van der Waals surface area (Å²) in [6, 6.07) is 0. The zero-order valence-electron chi connectivity index (χ0n) is 5.39. The molecule has 0 N–H and O–H groups in total. The van der Waals surface area contributed by atoms with Crippen LogP contribution in [0.4, 0.5) is 26.3 Å². The van der Waals surface area contributed by atoms with Crippen molar-refractivity contribution in [2.24, 2.45) is 0 Å². The van der Waals surface area contributed by atoms with E-state index in [1.807, 2.05) is 0 Å². The predicted molar refractivity (Wildman–Crippen MR) is 29.9 cm³/mol. The molecule has 2 atom stereocenters. The summed E-state index contributed by atoms with van der Waals surface area (Å²) in [5.74, 6) is 0. The number of rotatable bonds is 4. The van der Waals surface area contributed by atoms with Crippen LogP contribution in [0.1, 0.15) is 0 Å². The minimum atomic E-state index is -3.72. The second-order valence-corrected chi connectivity index (χ2v) is 3.26. The summed E-state index contributed by atoms with van der Waals surface area (Å²) >= 11 is -3.50. The van der Waals surface area contributed by atoms with Gasteiger partial charge in [0.05, 0.1) is 0 Å². The third-order valence-electron chi connectivity index (χ3n) is 0.840. The molecular weight excluding hydrogens is 210 g/mol. The second-order valence-electron chi connectivity index (χ2n) is 1.70. The molecule has 0 spiro atoms. The standard InChI is InChI=1S/C4H4F6OS/c5-1(6)3(9)12(11)4(10)2(7)8/h1-4H. The molecule has 12 heavy (non-hydrogen) atoms. The summed E-state index contributed by atoms with van der Waals surface area (Å²) in [6.07, 6.45) is -7.44. The van der Waals surface area contributed by atoms with Gasteiger partial charge in [0.1, 0.15) is 0 Å². The third-order valence-corrected chi connectivity index (χ3v) is 2.14. The molecule has 0 aliphatic rings. The van der Waals surface area contributed by atoms with Crippen molar-refractivity contribution in [2.45, 2.75) is 23.9 Å². The van der Waals surface area contributed by atoms with Gasteiger partial charge in [-0.1, -0.05) is 0 Å². The smallest absolute Gasteiger partial charge is 0.315 e. The molecule has 0 aromatic heterocycles. The first-order valence-electron chi connectivity index (χ1n) is 2.61. The van der Waals surface area contributed by atoms with E-state index in [9.17, 15) is 30.9 Å². The maximum absolute atomic E-state index is 11.9. The van der Waals surface area contributed by atoms with Gasteiger partial charge in [0.2, 0.25) is 0 Å². The first-order chi connectivity index (χ1) is 5.37. The van der Waals surface area contributed by atoms with Gasteiger partial charge in [0.25, 0.3) is 0 Å². The molecule has 0 saturated carbocycles. The van der Waals surface area contributed by atoms with Gasteiger partial charge in [-0.05, 0) is 0 Å². The van der Waals surface area contributed by atoms with Crippen LogP contribution in [0.3, 0.4) is 0 Å². The normalized spacial score (nSPS) is 19.8. The van der Waals surface area contributed by atoms with Gasteiger partial charge in [0.15, 0.2) is 0 Å². The lowest BCUT2D eigenvalue weighted by Crippen LogP contribution is -2.35. The molecule has 0 aliphatic heterocycles. The maximum atomic E-state index is 11.9. The van der Waals surface area contributed by atoms with Gasteiger partial charge in [0, 0.05) is 11.2 Å². The van der Waals surface area contributed by atoms with Crippen LogP contribution in [0.15, 0.2) is 0 Å². The first kappa shape index (κ1) is 11.9. The molecule has 74 valence electrons. The molecule has 0 fully saturated rings. The van der Waals surface area contributed by atoms with Gasteiger partial charge >= 0.3 is 23.9 Å². The van der Waals surface area contributed by atoms with Crippen LogP contribution in [0.5, 0.6) is 0 Å². The molecule has 8 heteroatoms. The minimum Gasteiger partial charge on any atom is -0.612 e. The van der Waals surface area contributed by atoms with Crippen LogP contribution in [-0.4, -0.2) is 28.4 Å². The summed E-state index contributed by atoms with van der Waals surface area (Å²) in [7, 11) is 0. The van der Waals surface area contributed by atoms with E-state index in [2.05, 4.69) is 0 Å². The lowest BCUT2D eigenvalue weighted by molar-refractivity contribution is 0.0706. The quantitative estimate of drug-likeness (QED) is 0.517. The lowest BCUT2D eigenvalue weighted by atomic mass is 10.8. The number of hydrogen-bond donors (Lipinski definition) is 0. The van der Waals surface area contributed by atoms with Crippen molar-refractivity contribution in [2.75, 3.05) is 0 Å². The van der Waals surface area contributed by atoms with E-state index in [1.54, 1.807) is 0 Å². The fraction of sp³-hybridized carbons (Fsp3) is 1.00. The van der Waals surface area contributed by atoms with Gasteiger partial charge in [-0.25, -0.2) is 17.6 Å². The van der Waals surface area contributed by atoms with Crippen LogP contribution in [-0.2, 0) is 11.2 Å². The topological polar surface area (TPSA) is 23.1 Å². The van der Waals surface area contributed by atoms with Crippen molar-refractivity contribution in [3.05, 3.63) is 0 Å². The van der Waals surface area contributed by atoms with Gasteiger partial charge in [-0.3, -0.25) is 0 Å². The Morgan fingerprint density at radius 3 is 1.17 bits per heavy atom. The Labute approximate surface area is 66.9 Å². The van der Waals surface area contributed by atoms with Crippen LogP contribution in [0, 0.1) is 0 Å². The summed E-state index contributed by atoms with van der Waals surface area (Å²) < 4.78 is 79.2. The zero-order chi connectivity index (χ0) is 9.89. The first-order valence-corrected chi connectivity index (χ1v) is 3.89. The van der Waals surface area contributed by atoms with Gasteiger partial charge in [-0.15, -0.1) is 0 Å². The Morgan fingerprint density at radius 2 is 1.00 bits per heavy atom. The van der Waals surface area contributed by atoms with Crippen LogP contribution in [0.2, 0.25) is 0 Å². The molecule has 0 rings (SSSR count). The second kappa shape index (κ2) is 4.80. The molecule has 1 nitrogen and oxygen atoms in total. The monoisotopic (exact) mass is 214 g/mol. The van der Waals surface area contributed by atoms with Crippen molar-refractivity contribution in [1.82, 2.24) is 0 Å². The Morgan fingerprint density at radius 1 is 0.750 bits per heavy atom. The van der Waals surface area contributed by atoms with Crippen LogP contribution in [0.25, 0.3) is 0 Å². The molecule has 0 aromatic carbocycles. The highest BCUT2D eigenvalue weighted by atomic mass is 32.2. The predicted octanol–water partition coefficient (Wildman–Crippen LogP) is 1.86. The minimum absolute atomic E-state index is 3.37. The maximum Gasteiger partial charge on any atom is 0.315 e. The Kier molecular flexibility index (Phi) is 4.76. The van der Waals surface area contributed by atoms with Crippen molar-refractivity contribution < 1.29 is 30.9 Å². The Hall–Kier alpha value is -0.110. The highest BCUT2D eigenvalue weighted by Gasteiger charge is 2.42. The molecule has 0 aliphatic carbocycles. The molecule has 0 bridgehead atoms. The van der Waals surface area contributed by atoms with Gasteiger partial charge < -0.3 is 4.55 Å². The van der Waals surface area contributed by atoms with E-state index in [-0.39, 0.29) is 0 Å². The van der Waals surface area contributed by atoms with E-state index in [0.717, 1.165) is 0 Å². The zero-order valence-corrected chi connectivity index (χ0v) is 6.21. The third kappa shape index (κ3) is 3.10. The number of alkyl halides is 6. The van der Waals surface area contributed by atoms with Gasteiger partial charge in [-0.2, -0.15) is 8.78 Å². The average molecular weight is 214 g/mol. The van der Waals surface area contributed by atoms with E-state index in [0.29, 0.717) is 0 Å². The average Bonchev–Trinajstić information content (AvgIpc) is 2.00. The summed E-state index contributed by atoms with van der Waals surface area (Å²) in [5.41, 5.74) is -6.73. The molecule has 0 heterocycles. The largest absolute Gasteiger partial charge is 0.612 e. The fourth-order valence-corrected chi connectivity index (χ4v) is 0.981. The van der Waals surface area contributed by atoms with E-state index < -0.39 is 35.0 Å². The number of halogens is 6. The molecule has 0 radical (unpaired) electrons. The van der Waals surface area contributed by atoms with Crippen LogP contribution < -0.4 is 0 Å². The van der Waals surface area contributed by atoms with Crippen molar-refractivity contribution in [3.63, 3.8) is 0 Å². The summed E-state index contributed by atoms with van der Waals surface area (Å²) in [6.45, 7) is 0. The van der Waals surface area contributed by atoms with Crippen molar-refractivity contribution in [1.29, 1.82) is 0 Å². The summed E-state index contributed by atoms with van der Waals surface area (Å²) in [5, 5.41) is 0. The highest BCUT2D eigenvalue weighted by molar-refractivity contribution is 7.92. The molecule has 0 saturated heterocycles. The lowest BCUT2D eigenvalue weighted by Gasteiger charge is -2.16. The molecule has 0 aromatic rings. The molecular formula is C4H4F6OS. The van der Waals surface area contributed by atoms with Crippen LogP contribution >= 0.6 is 0 Å². The molecule has 0 amide bonds. The summed E-state index contributed by atoms with van der Waals surface area (Å²) in [4.78, 5) is 0. The van der Waals surface area contributed by atoms with Crippen molar-refractivity contribution >= 4 is 11.2 Å². The van der Waals surface area contributed by atoms with E-state index in [4.69, 9.17) is 0 Å². The fourth-order valence-electron chi connectivity index (χ4n) is 0.327. The molecule has 2 unspecified atom stereocenters. The highest BCUT2D eigenvalue weighted by Crippen LogP contribution is 2.22. The van der Waals surface area contributed by atoms with E-state index in [1.165, 1.54) is 0 Å². The Balaban J connectivity index is 4.08. The SMILES string of the molecule is [O-][S+](C(F)C(F)F)C(F)C(F)F. The number of hydrogen-bond acceptors (Lipinski definition) is 1. The van der Waals surface area contributed by atoms with Crippen molar-refractivity contribution in [3.8, 4) is 0 Å².